The third-order valence-electron chi connectivity index (χ3n) is 1.84. The fraction of sp³-hybridized carbons (Fsp3) is 0.333. The van der Waals surface area contributed by atoms with Crippen molar-refractivity contribution in [2.75, 3.05) is 5.33 Å². The van der Waals surface area contributed by atoms with Crippen molar-refractivity contribution in [3.63, 3.8) is 0 Å². The van der Waals surface area contributed by atoms with E-state index < -0.39 is 12.2 Å². The van der Waals surface area contributed by atoms with Crippen molar-refractivity contribution in [3.8, 4) is 6.07 Å². The van der Waals surface area contributed by atoms with Crippen molar-refractivity contribution < 1.29 is 10.2 Å². The van der Waals surface area contributed by atoms with E-state index in [1.165, 1.54) is 12.3 Å². The molecule has 0 aliphatic heterocycles. The minimum atomic E-state index is -1.08. The van der Waals surface area contributed by atoms with Crippen LogP contribution in [0, 0.1) is 11.3 Å². The molecule has 0 radical (unpaired) electrons. The Morgan fingerprint density at radius 2 is 2.27 bits per heavy atom. The molecule has 1 aromatic rings. The first-order chi connectivity index (χ1) is 7.10. The number of aliphatic hydroxyl groups is 2. The Kier molecular flexibility index (Phi) is 4.48. The zero-order valence-corrected chi connectivity index (χ0v) is 9.90. The van der Waals surface area contributed by atoms with E-state index in [9.17, 15) is 10.2 Å². The lowest BCUT2D eigenvalue weighted by Gasteiger charge is -2.15. The van der Waals surface area contributed by atoms with Crippen LogP contribution in [0.15, 0.2) is 12.3 Å². The van der Waals surface area contributed by atoms with Gasteiger partial charge in [-0.3, -0.25) is 0 Å². The van der Waals surface area contributed by atoms with E-state index in [1.807, 2.05) is 6.07 Å². The Morgan fingerprint density at radius 3 is 2.80 bits per heavy atom. The third-order valence-corrected chi connectivity index (χ3v) is 2.81. The zero-order valence-electron chi connectivity index (χ0n) is 7.56. The molecule has 6 heteroatoms. The molecule has 0 amide bonds. The van der Waals surface area contributed by atoms with Crippen molar-refractivity contribution in [2.45, 2.75) is 12.2 Å². The van der Waals surface area contributed by atoms with Gasteiger partial charge in [-0.25, -0.2) is 4.98 Å². The first-order valence-corrected chi connectivity index (χ1v) is 5.57. The van der Waals surface area contributed by atoms with Gasteiger partial charge in [-0.05, 0) is 6.07 Å². The molecule has 1 aromatic heterocycles. The molecule has 15 heavy (non-hydrogen) atoms. The van der Waals surface area contributed by atoms with Gasteiger partial charge < -0.3 is 10.2 Å². The second kappa shape index (κ2) is 5.42. The zero-order chi connectivity index (χ0) is 11.4. The van der Waals surface area contributed by atoms with Crippen molar-refractivity contribution >= 4 is 27.5 Å². The molecule has 2 atom stereocenters. The molecule has 80 valence electrons. The van der Waals surface area contributed by atoms with Crippen LogP contribution in [0.25, 0.3) is 0 Å². The average Bonchev–Trinajstić information content (AvgIpc) is 2.27. The summed E-state index contributed by atoms with van der Waals surface area (Å²) in [5, 5.41) is 28.0. The van der Waals surface area contributed by atoms with E-state index in [-0.39, 0.29) is 16.0 Å². The van der Waals surface area contributed by atoms with Gasteiger partial charge in [0.05, 0.1) is 11.7 Å². The lowest BCUT2D eigenvalue weighted by molar-refractivity contribution is 0.0340. The number of aliphatic hydroxyl groups excluding tert-OH is 2. The van der Waals surface area contributed by atoms with Crippen molar-refractivity contribution in [1.29, 1.82) is 5.26 Å². The lowest BCUT2D eigenvalue weighted by atomic mass is 10.1. The summed E-state index contributed by atoms with van der Waals surface area (Å²) in [6, 6.07) is 3.26. The Bertz CT molecular complexity index is 394. The Labute approximate surface area is 100 Å². The van der Waals surface area contributed by atoms with E-state index in [1.54, 1.807) is 0 Å². The minimum Gasteiger partial charge on any atom is -0.389 e. The number of nitrogens with zero attached hydrogens (tertiary/aromatic N) is 2. The molecule has 0 spiro atoms. The molecule has 0 aliphatic carbocycles. The van der Waals surface area contributed by atoms with E-state index in [2.05, 4.69) is 20.9 Å². The lowest BCUT2D eigenvalue weighted by Crippen LogP contribution is -2.19. The third kappa shape index (κ3) is 2.89. The van der Waals surface area contributed by atoms with E-state index in [4.69, 9.17) is 16.9 Å². The highest BCUT2D eigenvalue weighted by Gasteiger charge is 2.18. The number of nitriles is 1. The molecular weight excluding hydrogens is 283 g/mol. The largest absolute Gasteiger partial charge is 0.389 e. The van der Waals surface area contributed by atoms with Crippen LogP contribution >= 0.6 is 27.5 Å². The van der Waals surface area contributed by atoms with Crippen molar-refractivity contribution in [1.82, 2.24) is 4.98 Å². The molecule has 0 bridgehead atoms. The van der Waals surface area contributed by atoms with Crippen LogP contribution in [-0.4, -0.2) is 26.6 Å². The average molecular weight is 292 g/mol. The quantitative estimate of drug-likeness (QED) is 0.652. The Morgan fingerprint density at radius 1 is 1.60 bits per heavy atom. The number of halogens is 2. The molecular formula is C9H8BrClN2O2. The second-order valence-corrected chi connectivity index (χ2v) is 3.89. The maximum Gasteiger partial charge on any atom is 0.146 e. The summed E-state index contributed by atoms with van der Waals surface area (Å²) in [7, 11) is 0. The molecule has 1 heterocycles. The van der Waals surface area contributed by atoms with Crippen LogP contribution in [0.4, 0.5) is 0 Å². The normalized spacial score (nSPS) is 14.3. The van der Waals surface area contributed by atoms with E-state index >= 15 is 0 Å². The predicted octanol–water partition coefficient (Wildman–Crippen LogP) is 1.40. The van der Waals surface area contributed by atoms with Gasteiger partial charge in [0.25, 0.3) is 0 Å². The van der Waals surface area contributed by atoms with Gasteiger partial charge in [0.15, 0.2) is 0 Å². The van der Waals surface area contributed by atoms with E-state index in [0.29, 0.717) is 5.56 Å². The molecule has 0 saturated carbocycles. The minimum absolute atomic E-state index is 0.0850. The summed E-state index contributed by atoms with van der Waals surface area (Å²) in [6.07, 6.45) is -0.694. The van der Waals surface area contributed by atoms with Gasteiger partial charge in [0.2, 0.25) is 0 Å². The number of alkyl halides is 1. The highest BCUT2D eigenvalue weighted by molar-refractivity contribution is 9.09. The molecule has 0 saturated heterocycles. The summed E-state index contributed by atoms with van der Waals surface area (Å²) in [5.41, 5.74) is 0.540. The topological polar surface area (TPSA) is 77.1 Å². The Hall–Kier alpha value is -0.670. The monoisotopic (exact) mass is 290 g/mol. The highest BCUT2D eigenvalue weighted by Crippen LogP contribution is 2.21. The number of rotatable bonds is 3. The summed E-state index contributed by atoms with van der Waals surface area (Å²) in [5.74, 6) is 0. The smallest absolute Gasteiger partial charge is 0.146 e. The summed E-state index contributed by atoms with van der Waals surface area (Å²) < 4.78 is 0. The fourth-order valence-electron chi connectivity index (χ4n) is 1.01. The van der Waals surface area contributed by atoms with Crippen LogP contribution in [0.2, 0.25) is 5.15 Å². The molecule has 0 aliphatic rings. The first-order valence-electron chi connectivity index (χ1n) is 4.07. The number of aromatic nitrogens is 1. The number of hydrogen-bond donors (Lipinski definition) is 2. The molecule has 2 unspecified atom stereocenters. The van der Waals surface area contributed by atoms with Gasteiger partial charge in [0.1, 0.15) is 17.3 Å². The predicted molar refractivity (Wildman–Crippen MR) is 58.7 cm³/mol. The second-order valence-electron chi connectivity index (χ2n) is 2.89. The molecule has 4 nitrogen and oxygen atoms in total. The summed E-state index contributed by atoms with van der Waals surface area (Å²) in [4.78, 5) is 3.74. The molecule has 0 fully saturated rings. The van der Waals surface area contributed by atoms with E-state index in [0.717, 1.165) is 0 Å². The number of hydrogen-bond acceptors (Lipinski definition) is 4. The van der Waals surface area contributed by atoms with Crippen molar-refractivity contribution in [2.24, 2.45) is 0 Å². The Balaban J connectivity index is 3.02. The SMILES string of the molecule is N#Cc1cc(C(O)C(O)CBr)cnc1Cl. The van der Waals surface area contributed by atoms with Crippen LogP contribution in [0.3, 0.4) is 0 Å². The fourth-order valence-corrected chi connectivity index (χ4v) is 1.51. The standard InChI is InChI=1S/C9H8BrClN2O2/c10-2-7(14)8(15)6-1-5(3-12)9(11)13-4-6/h1,4,7-8,14-15H,2H2. The van der Waals surface area contributed by atoms with Gasteiger partial charge in [-0.2, -0.15) is 5.26 Å². The maximum atomic E-state index is 9.63. The van der Waals surface area contributed by atoms with Crippen molar-refractivity contribution in [3.05, 3.63) is 28.5 Å². The molecule has 0 aromatic carbocycles. The molecule has 1 rings (SSSR count). The van der Waals surface area contributed by atoms with Crippen LogP contribution in [-0.2, 0) is 0 Å². The number of pyridine rings is 1. The highest BCUT2D eigenvalue weighted by atomic mass is 79.9. The maximum absolute atomic E-state index is 9.63. The van der Waals surface area contributed by atoms with Gasteiger partial charge in [-0.1, -0.05) is 27.5 Å². The summed E-state index contributed by atoms with van der Waals surface area (Å²) >= 11 is 8.67. The first kappa shape index (κ1) is 12.4. The van der Waals surface area contributed by atoms with Crippen LogP contribution in [0.1, 0.15) is 17.2 Å². The molecule has 2 N–H and O–H groups in total. The van der Waals surface area contributed by atoms with Gasteiger partial charge in [0, 0.05) is 17.1 Å². The summed E-state index contributed by atoms with van der Waals surface area (Å²) in [6.45, 7) is 0. The van der Waals surface area contributed by atoms with Crippen LogP contribution in [0.5, 0.6) is 0 Å². The van der Waals surface area contributed by atoms with Gasteiger partial charge in [-0.15, -0.1) is 0 Å². The van der Waals surface area contributed by atoms with Gasteiger partial charge >= 0.3 is 0 Å². The van der Waals surface area contributed by atoms with Crippen LogP contribution < -0.4 is 0 Å².